The van der Waals surface area contributed by atoms with E-state index in [1.54, 1.807) is 6.92 Å². The lowest BCUT2D eigenvalue weighted by Gasteiger charge is -2.27. The van der Waals surface area contributed by atoms with E-state index in [9.17, 15) is 4.79 Å². The number of carbonyl (C=O) groups excluding carboxylic acids is 1. The minimum Gasteiger partial charge on any atom is -1.00 e. The molecule has 1 aromatic heterocycles. The Balaban J connectivity index is 0.00000760. The second kappa shape index (κ2) is 19.4. The van der Waals surface area contributed by atoms with Crippen LogP contribution in [0.1, 0.15) is 128 Å². The second-order valence-electron chi connectivity index (χ2n) is 12.0. The summed E-state index contributed by atoms with van der Waals surface area (Å²) in [6.45, 7) is 12.5. The Hall–Kier alpha value is -1.63. The normalized spacial score (nSPS) is 11.2. The van der Waals surface area contributed by atoms with Gasteiger partial charge in [-0.05, 0) is 17.4 Å². The lowest BCUT2D eigenvalue weighted by atomic mass is 9.85. The molecule has 1 amide bonds. The predicted molar refractivity (Wildman–Crippen MR) is 159 cm³/mol. The van der Waals surface area contributed by atoms with Gasteiger partial charge in [-0.1, -0.05) is 123 Å². The van der Waals surface area contributed by atoms with E-state index in [0.29, 0.717) is 13.1 Å². The number of unbranched alkanes of at least 4 members (excludes halogenated alkanes) is 11. The first-order valence-corrected chi connectivity index (χ1v) is 15.2. The predicted octanol–water partition coefficient (Wildman–Crippen LogP) is 5.44. The molecule has 0 aliphatic heterocycles. The molecule has 0 saturated carbocycles. The molecular formula is C34H55IN2O2. The van der Waals surface area contributed by atoms with Crippen molar-refractivity contribution in [1.29, 1.82) is 0 Å². The number of rotatable bonds is 18. The summed E-state index contributed by atoms with van der Waals surface area (Å²) >= 11 is 0. The van der Waals surface area contributed by atoms with Crippen LogP contribution in [0.2, 0.25) is 0 Å². The van der Waals surface area contributed by atoms with Gasteiger partial charge in [0.25, 0.3) is 0 Å². The minimum atomic E-state index is -0.0329. The van der Waals surface area contributed by atoms with Crippen molar-refractivity contribution in [3.63, 3.8) is 0 Å². The van der Waals surface area contributed by atoms with Crippen LogP contribution in [0, 0.1) is 0 Å². The number of carbonyl (C=O) groups is 1. The van der Waals surface area contributed by atoms with E-state index in [-0.39, 0.29) is 35.3 Å². The lowest BCUT2D eigenvalue weighted by Crippen LogP contribution is -3.00. The molecular weight excluding hydrogens is 595 g/mol. The van der Waals surface area contributed by atoms with Gasteiger partial charge in [0.05, 0.1) is 6.61 Å². The summed E-state index contributed by atoms with van der Waals surface area (Å²) in [5.74, 6) is 1.04. The highest BCUT2D eigenvalue weighted by molar-refractivity contribution is 5.73. The van der Waals surface area contributed by atoms with Crippen molar-refractivity contribution in [2.24, 2.45) is 7.05 Å². The minimum absolute atomic E-state index is 0. The van der Waals surface area contributed by atoms with Crippen LogP contribution in [0.25, 0.3) is 0 Å². The molecule has 0 fully saturated rings. The summed E-state index contributed by atoms with van der Waals surface area (Å²) in [5, 5.41) is 0. The van der Waals surface area contributed by atoms with Gasteiger partial charge in [-0.25, -0.2) is 4.57 Å². The van der Waals surface area contributed by atoms with E-state index in [4.69, 9.17) is 4.74 Å². The number of hydrogen-bond acceptors (Lipinski definition) is 2. The average Bonchev–Trinajstić information content (AvgIpc) is 2.87. The van der Waals surface area contributed by atoms with E-state index in [0.717, 1.165) is 30.0 Å². The third kappa shape index (κ3) is 13.5. The van der Waals surface area contributed by atoms with Gasteiger partial charge in [0.2, 0.25) is 11.6 Å². The molecule has 4 nitrogen and oxygen atoms in total. The van der Waals surface area contributed by atoms with Crippen molar-refractivity contribution in [3.05, 3.63) is 59.4 Å². The number of aromatic nitrogens is 1. The molecule has 1 heterocycles. The number of benzene rings is 1. The first-order chi connectivity index (χ1) is 18.2. The molecule has 220 valence electrons. The zero-order valence-electron chi connectivity index (χ0n) is 25.7. The van der Waals surface area contributed by atoms with E-state index in [1.165, 1.54) is 76.2 Å². The fraction of sp³-hybridized carbons (Fsp3) is 0.647. The standard InChI is InChI=1S/C34H55N2O2.HI/c1-7-8-9-10-11-12-13-14-15-16-17-20-26-38-33-30(22-21-24-32(33)34(3,4)5)27-36(29(2)37)28-31-23-18-19-25-35(31)6;/h18-19,21-25H,7-17,20,26-28H2,1-6H3;1H/q+1;/p-1. The van der Waals surface area contributed by atoms with Crippen LogP contribution in [0.15, 0.2) is 42.6 Å². The number of hydrogen-bond donors (Lipinski definition) is 0. The fourth-order valence-electron chi connectivity index (χ4n) is 4.99. The SMILES string of the molecule is CCCCCCCCCCCCCCOc1c(CN(Cc2cccc[n+]2C)C(C)=O)cccc1C(C)(C)C.[I-]. The smallest absolute Gasteiger partial charge is 0.220 e. The van der Waals surface area contributed by atoms with Gasteiger partial charge < -0.3 is 33.6 Å². The van der Waals surface area contributed by atoms with Crippen LogP contribution in [-0.2, 0) is 30.3 Å². The highest BCUT2D eigenvalue weighted by atomic mass is 127. The van der Waals surface area contributed by atoms with Crippen molar-refractivity contribution >= 4 is 5.91 Å². The van der Waals surface area contributed by atoms with Crippen LogP contribution in [0.4, 0.5) is 0 Å². The van der Waals surface area contributed by atoms with Crippen LogP contribution in [0.3, 0.4) is 0 Å². The summed E-state index contributed by atoms with van der Waals surface area (Å²) in [6, 6.07) is 12.5. The van der Waals surface area contributed by atoms with Crippen molar-refractivity contribution in [2.75, 3.05) is 6.61 Å². The summed E-state index contributed by atoms with van der Waals surface area (Å²) in [6.07, 6.45) is 18.1. The van der Waals surface area contributed by atoms with Crippen molar-refractivity contribution in [1.82, 2.24) is 4.90 Å². The van der Waals surface area contributed by atoms with Gasteiger partial charge in [0, 0.05) is 31.2 Å². The molecule has 0 atom stereocenters. The fourth-order valence-corrected chi connectivity index (χ4v) is 4.99. The molecule has 5 heteroatoms. The number of aryl methyl sites for hydroxylation is 1. The van der Waals surface area contributed by atoms with Crippen molar-refractivity contribution in [3.8, 4) is 5.75 Å². The molecule has 39 heavy (non-hydrogen) atoms. The van der Waals surface area contributed by atoms with Crippen LogP contribution in [-0.4, -0.2) is 17.4 Å². The molecule has 0 saturated heterocycles. The van der Waals surface area contributed by atoms with E-state index in [1.807, 2.05) is 30.3 Å². The maximum atomic E-state index is 12.6. The number of nitrogens with zero attached hydrogens (tertiary/aromatic N) is 2. The molecule has 2 rings (SSSR count). The van der Waals surface area contributed by atoms with Crippen molar-refractivity contribution in [2.45, 2.75) is 130 Å². The molecule has 0 aliphatic carbocycles. The third-order valence-corrected chi connectivity index (χ3v) is 7.47. The lowest BCUT2D eigenvalue weighted by molar-refractivity contribution is -0.680. The van der Waals surface area contributed by atoms with Gasteiger partial charge in [0.15, 0.2) is 6.20 Å². The monoisotopic (exact) mass is 650 g/mol. The highest BCUT2D eigenvalue weighted by Crippen LogP contribution is 2.35. The zero-order chi connectivity index (χ0) is 27.8. The number of amides is 1. The molecule has 1 aromatic carbocycles. The molecule has 0 aliphatic rings. The molecule has 0 unspecified atom stereocenters. The van der Waals surface area contributed by atoms with Crippen molar-refractivity contribution < 1.29 is 38.1 Å². The van der Waals surface area contributed by atoms with E-state index < -0.39 is 0 Å². The van der Waals surface area contributed by atoms with Crippen LogP contribution >= 0.6 is 0 Å². The van der Waals surface area contributed by atoms with Crippen LogP contribution in [0.5, 0.6) is 5.75 Å². The number of halogens is 1. The third-order valence-electron chi connectivity index (χ3n) is 7.47. The first kappa shape index (κ1) is 35.4. The van der Waals surface area contributed by atoms with Gasteiger partial charge in [-0.2, -0.15) is 0 Å². The topological polar surface area (TPSA) is 33.4 Å². The Morgan fingerprint density at radius 3 is 1.95 bits per heavy atom. The number of ether oxygens (including phenoxy) is 1. The summed E-state index contributed by atoms with van der Waals surface area (Å²) < 4.78 is 8.57. The summed E-state index contributed by atoms with van der Waals surface area (Å²) in [7, 11) is 2.02. The molecule has 0 N–H and O–H groups in total. The second-order valence-corrected chi connectivity index (χ2v) is 12.0. The van der Waals surface area contributed by atoms with Crippen LogP contribution < -0.4 is 33.3 Å². The number of para-hydroxylation sites is 1. The zero-order valence-corrected chi connectivity index (χ0v) is 27.9. The highest BCUT2D eigenvalue weighted by Gasteiger charge is 2.24. The Morgan fingerprint density at radius 2 is 1.41 bits per heavy atom. The Morgan fingerprint density at radius 1 is 0.821 bits per heavy atom. The van der Waals surface area contributed by atoms with E-state index >= 15 is 0 Å². The maximum absolute atomic E-state index is 12.6. The Kier molecular flexibility index (Phi) is 17.7. The van der Waals surface area contributed by atoms with Gasteiger partial charge in [0.1, 0.15) is 19.3 Å². The Bertz CT molecular complexity index is 954. The summed E-state index contributed by atoms with van der Waals surface area (Å²) in [5.41, 5.74) is 3.37. The summed E-state index contributed by atoms with van der Waals surface area (Å²) in [4.78, 5) is 14.5. The van der Waals surface area contributed by atoms with Gasteiger partial charge in [-0.15, -0.1) is 0 Å². The molecule has 2 aromatic rings. The average molecular weight is 651 g/mol. The molecule has 0 bridgehead atoms. The largest absolute Gasteiger partial charge is 1.00 e. The Labute approximate surface area is 256 Å². The van der Waals surface area contributed by atoms with Gasteiger partial charge >= 0.3 is 0 Å². The molecule has 0 spiro atoms. The van der Waals surface area contributed by atoms with Gasteiger partial charge in [-0.3, -0.25) is 4.79 Å². The maximum Gasteiger partial charge on any atom is 0.220 e. The number of pyridine rings is 1. The molecule has 0 radical (unpaired) electrons. The first-order valence-electron chi connectivity index (χ1n) is 15.2. The quantitative estimate of drug-likeness (QED) is 0.122. The van der Waals surface area contributed by atoms with E-state index in [2.05, 4.69) is 56.5 Å².